The molecule has 1 saturated heterocycles. The van der Waals surface area contributed by atoms with Crippen LogP contribution in [0.4, 0.5) is 5.69 Å². The second kappa shape index (κ2) is 7.28. The first-order valence-corrected chi connectivity index (χ1v) is 7.89. The minimum absolute atomic E-state index is 0.0293. The van der Waals surface area contributed by atoms with Crippen LogP contribution in [0.25, 0.3) is 0 Å². The summed E-state index contributed by atoms with van der Waals surface area (Å²) in [6, 6.07) is 3.64. The van der Waals surface area contributed by atoms with Crippen LogP contribution in [0.3, 0.4) is 0 Å². The Labute approximate surface area is 134 Å². The first-order chi connectivity index (χ1) is 9.56. The molecule has 5 nitrogen and oxygen atoms in total. The molecule has 0 aliphatic carbocycles. The molecule has 20 heavy (non-hydrogen) atoms. The van der Waals surface area contributed by atoms with Crippen molar-refractivity contribution in [3.8, 4) is 5.75 Å². The van der Waals surface area contributed by atoms with Crippen molar-refractivity contribution in [2.75, 3.05) is 25.6 Å². The van der Waals surface area contributed by atoms with E-state index >= 15 is 0 Å². The lowest BCUT2D eigenvalue weighted by molar-refractivity contribution is -0.124. The van der Waals surface area contributed by atoms with E-state index in [2.05, 4.69) is 37.2 Å². The number of hydrogen-bond acceptors (Lipinski definition) is 4. The Balaban J connectivity index is 1.87. The first kappa shape index (κ1) is 15.6. The second-order valence-corrected chi connectivity index (χ2v) is 6.27. The van der Waals surface area contributed by atoms with Gasteiger partial charge < -0.3 is 20.5 Å². The van der Waals surface area contributed by atoms with Crippen LogP contribution in [0.5, 0.6) is 5.75 Å². The Kier molecular flexibility index (Phi) is 5.68. The maximum Gasteiger partial charge on any atom is 0.258 e. The van der Waals surface area contributed by atoms with Gasteiger partial charge in [-0.1, -0.05) is 0 Å². The molecule has 1 amide bonds. The van der Waals surface area contributed by atoms with Gasteiger partial charge in [0, 0.05) is 24.9 Å². The topological polar surface area (TPSA) is 73.6 Å². The Bertz CT molecular complexity index is 467. The van der Waals surface area contributed by atoms with Crippen LogP contribution < -0.4 is 15.8 Å². The molecule has 1 aromatic carbocycles. The van der Waals surface area contributed by atoms with Gasteiger partial charge in [0.1, 0.15) is 5.75 Å². The van der Waals surface area contributed by atoms with Crippen molar-refractivity contribution in [2.24, 2.45) is 0 Å². The van der Waals surface area contributed by atoms with Gasteiger partial charge in [-0.05, 0) is 56.8 Å². The number of carbonyl (C=O) groups is 1. The fourth-order valence-electron chi connectivity index (χ4n) is 1.97. The zero-order valence-electron chi connectivity index (χ0n) is 10.8. The van der Waals surface area contributed by atoms with Crippen molar-refractivity contribution in [3.63, 3.8) is 0 Å². The monoisotopic (exact) mass is 406 g/mol. The molecular weight excluding hydrogens is 392 g/mol. The molecule has 3 N–H and O–H groups in total. The van der Waals surface area contributed by atoms with Gasteiger partial charge in [0.25, 0.3) is 5.91 Å². The van der Waals surface area contributed by atoms with E-state index in [0.717, 1.165) is 12.8 Å². The summed E-state index contributed by atoms with van der Waals surface area (Å²) < 4.78 is 12.2. The predicted molar refractivity (Wildman–Crippen MR) is 83.7 cm³/mol. The average Bonchev–Trinajstić information content (AvgIpc) is 2.38. The van der Waals surface area contributed by atoms with Crippen molar-refractivity contribution >= 4 is 43.5 Å². The third-order valence-corrected chi connectivity index (χ3v) is 4.13. The van der Waals surface area contributed by atoms with Crippen molar-refractivity contribution in [1.29, 1.82) is 0 Å². The highest BCUT2D eigenvalue weighted by atomic mass is 79.9. The van der Waals surface area contributed by atoms with Crippen LogP contribution in [0.15, 0.2) is 21.1 Å². The summed E-state index contributed by atoms with van der Waals surface area (Å²) >= 11 is 6.73. The smallest absolute Gasteiger partial charge is 0.258 e. The van der Waals surface area contributed by atoms with Crippen LogP contribution >= 0.6 is 31.9 Å². The summed E-state index contributed by atoms with van der Waals surface area (Å²) in [4.78, 5) is 11.8. The predicted octanol–water partition coefficient (Wildman–Crippen LogP) is 2.47. The molecule has 1 aliphatic heterocycles. The molecule has 1 aliphatic rings. The Morgan fingerprint density at radius 1 is 1.35 bits per heavy atom. The SMILES string of the molecule is Nc1cc(Br)c(OCC(=O)NC2CCOCC2)c(Br)c1. The summed E-state index contributed by atoms with van der Waals surface area (Å²) in [5.41, 5.74) is 6.31. The van der Waals surface area contributed by atoms with Crippen molar-refractivity contribution in [2.45, 2.75) is 18.9 Å². The lowest BCUT2D eigenvalue weighted by Crippen LogP contribution is -2.41. The molecule has 1 fully saturated rings. The van der Waals surface area contributed by atoms with Gasteiger partial charge in [0.15, 0.2) is 6.61 Å². The molecule has 2 rings (SSSR count). The van der Waals surface area contributed by atoms with Crippen LogP contribution in [-0.2, 0) is 9.53 Å². The highest BCUT2D eigenvalue weighted by Crippen LogP contribution is 2.35. The molecule has 7 heteroatoms. The van der Waals surface area contributed by atoms with Gasteiger partial charge in [0.05, 0.1) is 8.95 Å². The normalized spacial score (nSPS) is 15.9. The second-order valence-electron chi connectivity index (χ2n) is 4.56. The van der Waals surface area contributed by atoms with Gasteiger partial charge in [-0.15, -0.1) is 0 Å². The number of carbonyl (C=O) groups excluding carboxylic acids is 1. The van der Waals surface area contributed by atoms with E-state index in [-0.39, 0.29) is 18.6 Å². The molecule has 0 spiro atoms. The quantitative estimate of drug-likeness (QED) is 0.752. The van der Waals surface area contributed by atoms with E-state index in [1.165, 1.54) is 0 Å². The minimum atomic E-state index is -0.132. The van der Waals surface area contributed by atoms with Gasteiger partial charge in [0.2, 0.25) is 0 Å². The first-order valence-electron chi connectivity index (χ1n) is 6.30. The zero-order chi connectivity index (χ0) is 14.5. The summed E-state index contributed by atoms with van der Waals surface area (Å²) in [5, 5.41) is 2.94. The van der Waals surface area contributed by atoms with Crippen LogP contribution in [-0.4, -0.2) is 31.8 Å². The Morgan fingerprint density at radius 2 is 1.95 bits per heavy atom. The van der Waals surface area contributed by atoms with E-state index in [0.29, 0.717) is 33.6 Å². The average molecular weight is 408 g/mol. The third-order valence-electron chi connectivity index (χ3n) is 2.95. The van der Waals surface area contributed by atoms with Gasteiger partial charge >= 0.3 is 0 Å². The van der Waals surface area contributed by atoms with E-state index in [4.69, 9.17) is 15.2 Å². The standard InChI is InChI=1S/C13H16Br2N2O3/c14-10-5-8(16)6-11(15)13(10)20-7-12(18)17-9-1-3-19-4-2-9/h5-6,9H,1-4,7,16H2,(H,17,18). The number of hydrogen-bond donors (Lipinski definition) is 2. The summed E-state index contributed by atoms with van der Waals surface area (Å²) in [5.74, 6) is 0.439. The Morgan fingerprint density at radius 3 is 2.55 bits per heavy atom. The number of anilines is 1. The molecule has 0 unspecified atom stereocenters. The molecular formula is C13H16Br2N2O3. The van der Waals surface area contributed by atoms with Crippen molar-refractivity contribution < 1.29 is 14.3 Å². The lowest BCUT2D eigenvalue weighted by Gasteiger charge is -2.23. The van der Waals surface area contributed by atoms with E-state index in [9.17, 15) is 4.79 Å². The number of nitrogens with two attached hydrogens (primary N) is 1. The zero-order valence-corrected chi connectivity index (χ0v) is 14.0. The summed E-state index contributed by atoms with van der Waals surface area (Å²) in [6.07, 6.45) is 1.70. The number of amides is 1. The van der Waals surface area contributed by atoms with Gasteiger partial charge in [-0.25, -0.2) is 0 Å². The molecule has 1 heterocycles. The molecule has 0 atom stereocenters. The minimum Gasteiger partial charge on any atom is -0.481 e. The van der Waals surface area contributed by atoms with E-state index in [1.54, 1.807) is 12.1 Å². The van der Waals surface area contributed by atoms with Crippen molar-refractivity contribution in [3.05, 3.63) is 21.1 Å². The van der Waals surface area contributed by atoms with Crippen LogP contribution in [0.1, 0.15) is 12.8 Å². The number of ether oxygens (including phenoxy) is 2. The highest BCUT2D eigenvalue weighted by molar-refractivity contribution is 9.11. The molecule has 1 aromatic rings. The van der Waals surface area contributed by atoms with Crippen molar-refractivity contribution in [1.82, 2.24) is 5.32 Å². The molecule has 0 saturated carbocycles. The van der Waals surface area contributed by atoms with Crippen LogP contribution in [0.2, 0.25) is 0 Å². The summed E-state index contributed by atoms with van der Waals surface area (Å²) in [6.45, 7) is 1.36. The number of rotatable bonds is 4. The molecule has 0 bridgehead atoms. The number of halogens is 2. The van der Waals surface area contributed by atoms with Gasteiger partial charge in [-0.2, -0.15) is 0 Å². The number of nitrogens with one attached hydrogen (secondary N) is 1. The maximum absolute atomic E-state index is 11.8. The molecule has 0 aromatic heterocycles. The fraction of sp³-hybridized carbons (Fsp3) is 0.462. The fourth-order valence-corrected chi connectivity index (χ4v) is 3.42. The molecule has 0 radical (unpaired) electrons. The van der Waals surface area contributed by atoms with Gasteiger partial charge in [-0.3, -0.25) is 4.79 Å². The highest BCUT2D eigenvalue weighted by Gasteiger charge is 2.17. The number of benzene rings is 1. The van der Waals surface area contributed by atoms with E-state index in [1.807, 2.05) is 0 Å². The van der Waals surface area contributed by atoms with Crippen LogP contribution in [0, 0.1) is 0 Å². The lowest BCUT2D eigenvalue weighted by atomic mass is 10.1. The maximum atomic E-state index is 11.8. The Hall–Kier alpha value is -0.790. The molecule has 110 valence electrons. The number of nitrogen functional groups attached to an aromatic ring is 1. The largest absolute Gasteiger partial charge is 0.481 e. The summed E-state index contributed by atoms with van der Waals surface area (Å²) in [7, 11) is 0. The van der Waals surface area contributed by atoms with E-state index < -0.39 is 0 Å². The third kappa shape index (κ3) is 4.36.